The van der Waals surface area contributed by atoms with Crippen LogP contribution in [0.25, 0.3) is 0 Å². The molecule has 0 spiro atoms. The fourth-order valence-corrected chi connectivity index (χ4v) is 4.13. The molecule has 0 amide bonds. The van der Waals surface area contributed by atoms with Crippen LogP contribution in [0.4, 0.5) is 0 Å². The Morgan fingerprint density at radius 1 is 1.15 bits per heavy atom. The highest BCUT2D eigenvalue weighted by molar-refractivity contribution is 5.93. The lowest BCUT2D eigenvalue weighted by Crippen LogP contribution is -2.50. The third-order valence-electron chi connectivity index (χ3n) is 6.24. The van der Waals surface area contributed by atoms with Gasteiger partial charge in [-0.15, -0.1) is 0 Å². The highest BCUT2D eigenvalue weighted by atomic mass is 16.6. The maximum absolute atomic E-state index is 12.7. The number of carbonyl (C=O) groups is 2. The Labute approximate surface area is 120 Å². The molecule has 0 N–H and O–H groups in total. The van der Waals surface area contributed by atoms with Gasteiger partial charge in [0, 0.05) is 5.41 Å². The van der Waals surface area contributed by atoms with Crippen LogP contribution in [0.15, 0.2) is 0 Å². The summed E-state index contributed by atoms with van der Waals surface area (Å²) < 4.78 is 11.3. The molecule has 3 rings (SSSR count). The van der Waals surface area contributed by atoms with Crippen LogP contribution >= 0.6 is 0 Å². The molecule has 0 aromatic heterocycles. The van der Waals surface area contributed by atoms with E-state index < -0.39 is 16.4 Å². The lowest BCUT2D eigenvalue weighted by atomic mass is 9.66. The Morgan fingerprint density at radius 2 is 1.80 bits per heavy atom. The van der Waals surface area contributed by atoms with E-state index >= 15 is 0 Å². The van der Waals surface area contributed by atoms with Crippen molar-refractivity contribution in [2.45, 2.75) is 77.4 Å². The molecule has 2 atom stereocenters. The van der Waals surface area contributed by atoms with Gasteiger partial charge in [-0.3, -0.25) is 4.79 Å². The van der Waals surface area contributed by atoms with Crippen LogP contribution in [0.3, 0.4) is 0 Å². The Bertz CT molecular complexity index is 449. The van der Waals surface area contributed by atoms with Gasteiger partial charge in [0.25, 0.3) is 0 Å². The summed E-state index contributed by atoms with van der Waals surface area (Å²) in [4.78, 5) is 24.8. The zero-order valence-electron chi connectivity index (χ0n) is 12.7. The fourth-order valence-electron chi connectivity index (χ4n) is 4.13. The molecular formula is C16H24O4. The molecular weight excluding hydrogens is 256 g/mol. The van der Waals surface area contributed by atoms with Crippen molar-refractivity contribution in [2.24, 2.45) is 10.8 Å². The maximum atomic E-state index is 12.7. The highest BCUT2D eigenvalue weighted by Gasteiger charge is 2.76. The summed E-state index contributed by atoms with van der Waals surface area (Å²) in [6.07, 6.45) is 6.63. The molecule has 0 aromatic carbocycles. The van der Waals surface area contributed by atoms with Crippen molar-refractivity contribution >= 4 is 11.9 Å². The first-order valence-corrected chi connectivity index (χ1v) is 7.78. The first-order valence-electron chi connectivity index (χ1n) is 7.78. The molecule has 0 unspecified atom stereocenters. The number of hydrogen-bond donors (Lipinski definition) is 0. The van der Waals surface area contributed by atoms with Gasteiger partial charge < -0.3 is 9.47 Å². The van der Waals surface area contributed by atoms with E-state index in [9.17, 15) is 9.59 Å². The van der Waals surface area contributed by atoms with Crippen molar-refractivity contribution in [2.75, 3.05) is 0 Å². The summed E-state index contributed by atoms with van der Waals surface area (Å²) in [5.41, 5.74) is -2.11. The van der Waals surface area contributed by atoms with E-state index in [2.05, 4.69) is 0 Å². The average molecular weight is 280 g/mol. The first-order chi connectivity index (χ1) is 9.33. The minimum Gasteiger partial charge on any atom is -0.459 e. The van der Waals surface area contributed by atoms with Gasteiger partial charge >= 0.3 is 11.9 Å². The van der Waals surface area contributed by atoms with Gasteiger partial charge in [0.1, 0.15) is 6.10 Å². The van der Waals surface area contributed by atoms with E-state index in [1.165, 1.54) is 6.42 Å². The van der Waals surface area contributed by atoms with Gasteiger partial charge in [-0.1, -0.05) is 20.3 Å². The highest BCUT2D eigenvalue weighted by Crippen LogP contribution is 2.65. The smallest absolute Gasteiger partial charge is 0.351 e. The zero-order chi connectivity index (χ0) is 14.6. The minimum atomic E-state index is -1.06. The first kappa shape index (κ1) is 13.9. The Kier molecular flexibility index (Phi) is 2.93. The van der Waals surface area contributed by atoms with Crippen LogP contribution in [-0.4, -0.2) is 23.6 Å². The van der Waals surface area contributed by atoms with Gasteiger partial charge in [-0.25, -0.2) is 4.79 Å². The second-order valence-corrected chi connectivity index (χ2v) is 7.34. The van der Waals surface area contributed by atoms with Crippen molar-refractivity contribution in [1.82, 2.24) is 0 Å². The van der Waals surface area contributed by atoms with Crippen molar-refractivity contribution in [3.05, 3.63) is 0 Å². The van der Waals surface area contributed by atoms with Crippen molar-refractivity contribution in [1.29, 1.82) is 0 Å². The largest absolute Gasteiger partial charge is 0.459 e. The summed E-state index contributed by atoms with van der Waals surface area (Å²) in [5, 5.41) is 0. The molecule has 3 fully saturated rings. The normalized spacial score (nSPS) is 39.6. The molecule has 0 aromatic rings. The quantitative estimate of drug-likeness (QED) is 0.730. The van der Waals surface area contributed by atoms with Gasteiger partial charge in [-0.2, -0.15) is 0 Å². The Balaban J connectivity index is 1.82. The molecule has 4 nitrogen and oxygen atoms in total. The maximum Gasteiger partial charge on any atom is 0.351 e. The van der Waals surface area contributed by atoms with Crippen LogP contribution in [0.2, 0.25) is 0 Å². The Hall–Kier alpha value is -1.06. The van der Waals surface area contributed by atoms with Crippen LogP contribution in [0, 0.1) is 10.8 Å². The second-order valence-electron chi connectivity index (χ2n) is 7.34. The number of rotatable bonds is 2. The number of hydrogen-bond acceptors (Lipinski definition) is 4. The second kappa shape index (κ2) is 4.22. The van der Waals surface area contributed by atoms with Gasteiger partial charge in [0.05, 0.1) is 5.41 Å². The molecule has 3 aliphatic rings. The molecule has 2 bridgehead atoms. The molecule has 2 aliphatic carbocycles. The lowest BCUT2D eigenvalue weighted by molar-refractivity contribution is -0.188. The topological polar surface area (TPSA) is 52.6 Å². The minimum absolute atomic E-state index is 0.00702. The van der Waals surface area contributed by atoms with Crippen molar-refractivity contribution in [3.8, 4) is 0 Å². The predicted molar refractivity (Wildman–Crippen MR) is 72.9 cm³/mol. The third kappa shape index (κ3) is 1.54. The molecule has 4 heteroatoms. The van der Waals surface area contributed by atoms with Crippen LogP contribution < -0.4 is 0 Å². The van der Waals surface area contributed by atoms with Crippen molar-refractivity contribution < 1.29 is 19.1 Å². The van der Waals surface area contributed by atoms with E-state index in [0.29, 0.717) is 12.8 Å². The summed E-state index contributed by atoms with van der Waals surface area (Å²) >= 11 is 0. The fraction of sp³-hybridized carbons (Fsp3) is 0.875. The van der Waals surface area contributed by atoms with E-state index in [-0.39, 0.29) is 18.0 Å². The SMILES string of the molecule is CC1(C)[C@@]2(C)CC[C@@]1(C(=O)OC1CCCCC1)OC2=O. The standard InChI is InChI=1S/C16H24O4/c1-14(2)15(3)9-10-16(14,20-12(15)17)13(18)19-11-7-5-4-6-8-11/h11H,4-10H2,1-3H3/t15-,16-/m0/s1. The monoisotopic (exact) mass is 280 g/mol. The van der Waals surface area contributed by atoms with Crippen molar-refractivity contribution in [3.63, 3.8) is 0 Å². The third-order valence-corrected chi connectivity index (χ3v) is 6.24. The summed E-state index contributed by atoms with van der Waals surface area (Å²) in [6.45, 7) is 5.85. The average Bonchev–Trinajstić information content (AvgIpc) is 2.70. The number of esters is 2. The van der Waals surface area contributed by atoms with E-state index in [0.717, 1.165) is 25.7 Å². The van der Waals surface area contributed by atoms with E-state index in [1.807, 2.05) is 20.8 Å². The summed E-state index contributed by atoms with van der Waals surface area (Å²) in [6, 6.07) is 0. The van der Waals surface area contributed by atoms with Crippen LogP contribution in [-0.2, 0) is 19.1 Å². The zero-order valence-corrected chi connectivity index (χ0v) is 12.7. The number of fused-ring (bicyclic) bond motifs is 2. The number of ether oxygens (including phenoxy) is 2. The summed E-state index contributed by atoms with van der Waals surface area (Å²) in [5.74, 6) is -0.557. The van der Waals surface area contributed by atoms with E-state index in [4.69, 9.17) is 9.47 Å². The molecule has 20 heavy (non-hydrogen) atoms. The number of carbonyl (C=O) groups excluding carboxylic acids is 2. The molecule has 1 heterocycles. The predicted octanol–water partition coefficient (Wildman–Crippen LogP) is 2.98. The summed E-state index contributed by atoms with van der Waals surface area (Å²) in [7, 11) is 0. The lowest BCUT2D eigenvalue weighted by Gasteiger charge is -2.36. The van der Waals surface area contributed by atoms with Crippen LogP contribution in [0.5, 0.6) is 0 Å². The molecule has 1 aliphatic heterocycles. The Morgan fingerprint density at radius 3 is 2.30 bits per heavy atom. The van der Waals surface area contributed by atoms with Crippen LogP contribution in [0.1, 0.15) is 65.7 Å². The van der Waals surface area contributed by atoms with Gasteiger partial charge in [0.2, 0.25) is 5.60 Å². The van der Waals surface area contributed by atoms with E-state index in [1.54, 1.807) is 0 Å². The molecule has 0 radical (unpaired) electrons. The molecule has 1 saturated heterocycles. The molecule has 2 saturated carbocycles. The van der Waals surface area contributed by atoms with Gasteiger partial charge in [0.15, 0.2) is 0 Å². The van der Waals surface area contributed by atoms with Gasteiger partial charge in [-0.05, 0) is 45.4 Å². The molecule has 112 valence electrons.